The number of benzene rings is 9. The smallest absolute Gasteiger partial charge is 0.229 e. The molecule has 0 bridgehead atoms. The molecule has 61 heavy (non-hydrogen) atoms. The summed E-state index contributed by atoms with van der Waals surface area (Å²) in [4.78, 5) is 12.9. The van der Waals surface area contributed by atoms with Gasteiger partial charge in [-0.3, -0.25) is 5.41 Å². The molecular weight excluding hydrogens is 745 g/mol. The van der Waals surface area contributed by atoms with Crippen molar-refractivity contribution >= 4 is 71.1 Å². The lowest BCUT2D eigenvalue weighted by molar-refractivity contribution is 1.05. The summed E-state index contributed by atoms with van der Waals surface area (Å²) in [7, 11) is 0. The standard InChI is InChI=1S/C55H36N6/c56-54(59-55-57-47-21-11-9-20-44(47)53(58-55)36-14-3-1-4-15-36)37-23-28-41(29-24-37)60-48-22-12-10-19-43(48)45-33-38(26-30-49(45)60)39-27-31-50-46(34-39)52-42-18-8-7-13-35(42)25-32-51(52)61(50)40-16-5-2-6-17-40/h1-34H,(H2,56,57,58,59). The van der Waals surface area contributed by atoms with Gasteiger partial charge in [-0.15, -0.1) is 0 Å². The number of hydrogen-bond donors (Lipinski definition) is 2. The zero-order chi connectivity index (χ0) is 40.4. The minimum Gasteiger partial charge on any atom is -0.323 e. The Morgan fingerprint density at radius 3 is 1.80 bits per heavy atom. The molecule has 0 amide bonds. The van der Waals surface area contributed by atoms with Crippen LogP contribution in [0.2, 0.25) is 0 Å². The predicted molar refractivity (Wildman–Crippen MR) is 252 cm³/mol. The number of amidine groups is 1. The maximum absolute atomic E-state index is 9.01. The maximum Gasteiger partial charge on any atom is 0.229 e. The van der Waals surface area contributed by atoms with Gasteiger partial charge in [-0.1, -0.05) is 127 Å². The minimum absolute atomic E-state index is 0.133. The van der Waals surface area contributed by atoms with E-state index in [1.165, 1.54) is 48.9 Å². The van der Waals surface area contributed by atoms with E-state index in [4.69, 9.17) is 10.4 Å². The van der Waals surface area contributed by atoms with Gasteiger partial charge in [0.15, 0.2) is 5.84 Å². The average molecular weight is 781 g/mol. The summed E-state index contributed by atoms with van der Waals surface area (Å²) in [5.74, 6) is 0.133. The Morgan fingerprint density at radius 2 is 1.02 bits per heavy atom. The topological polar surface area (TPSA) is 74.8 Å². The second-order valence-electron chi connectivity index (χ2n) is 15.5. The van der Waals surface area contributed by atoms with Crippen LogP contribution >= 0.6 is 0 Å². The zero-order valence-corrected chi connectivity index (χ0v) is 32.9. The molecule has 3 heterocycles. The Morgan fingerprint density at radius 1 is 0.443 bits per heavy atom. The molecule has 286 valence electrons. The van der Waals surface area contributed by atoms with Crippen LogP contribution in [0.3, 0.4) is 0 Å². The van der Waals surface area contributed by atoms with Crippen molar-refractivity contribution in [3.05, 3.63) is 217 Å². The van der Waals surface area contributed by atoms with E-state index in [2.05, 4.69) is 165 Å². The number of rotatable bonds is 5. The van der Waals surface area contributed by atoms with Crippen molar-refractivity contribution in [3.63, 3.8) is 0 Å². The van der Waals surface area contributed by atoms with E-state index in [9.17, 15) is 0 Å². The fraction of sp³-hybridized carbons (Fsp3) is 0. The summed E-state index contributed by atoms with van der Waals surface area (Å²) in [5, 5.41) is 17.4. The number of aromatic nitrogens is 4. The summed E-state index contributed by atoms with van der Waals surface area (Å²) in [6.45, 7) is 0. The van der Waals surface area contributed by atoms with Crippen molar-refractivity contribution in [1.82, 2.24) is 19.1 Å². The SMILES string of the molecule is N=C(N=c1nc(-c2ccccc2)c2ccccc2[nH]1)c1ccc(-n2c3ccccc3c3cc(-c4ccc5c(c4)c4c6ccccc6ccc4n5-c4ccccc4)ccc32)cc1. The van der Waals surface area contributed by atoms with Gasteiger partial charge in [-0.2, -0.15) is 4.99 Å². The van der Waals surface area contributed by atoms with Crippen molar-refractivity contribution in [3.8, 4) is 33.8 Å². The van der Waals surface area contributed by atoms with E-state index in [-0.39, 0.29) is 5.84 Å². The van der Waals surface area contributed by atoms with Crippen molar-refractivity contribution < 1.29 is 0 Å². The lowest BCUT2D eigenvalue weighted by Gasteiger charge is -2.10. The van der Waals surface area contributed by atoms with Crippen LogP contribution < -0.4 is 5.62 Å². The predicted octanol–water partition coefficient (Wildman–Crippen LogP) is 13.2. The van der Waals surface area contributed by atoms with Crippen LogP contribution in [0, 0.1) is 5.41 Å². The second kappa shape index (κ2) is 13.9. The van der Waals surface area contributed by atoms with Gasteiger partial charge in [0.05, 0.1) is 33.3 Å². The molecule has 3 aromatic heterocycles. The molecule has 0 unspecified atom stereocenters. The van der Waals surface area contributed by atoms with E-state index in [0.717, 1.165) is 50.1 Å². The molecule has 0 aliphatic heterocycles. The Hall–Kier alpha value is -8.35. The molecule has 0 atom stereocenters. The number of nitrogens with one attached hydrogen (secondary N) is 2. The van der Waals surface area contributed by atoms with Crippen LogP contribution in [0.4, 0.5) is 0 Å². The summed E-state index contributed by atoms with van der Waals surface area (Å²) < 4.78 is 4.70. The third-order valence-electron chi connectivity index (χ3n) is 12.0. The van der Waals surface area contributed by atoms with E-state index in [1.807, 2.05) is 60.7 Å². The molecule has 12 rings (SSSR count). The molecule has 0 radical (unpaired) electrons. The van der Waals surface area contributed by atoms with Crippen molar-refractivity contribution in [2.75, 3.05) is 0 Å². The number of aromatic amines is 1. The highest BCUT2D eigenvalue weighted by molar-refractivity contribution is 6.22. The molecule has 0 fully saturated rings. The first-order valence-corrected chi connectivity index (χ1v) is 20.5. The van der Waals surface area contributed by atoms with Crippen LogP contribution in [0.25, 0.3) is 99.0 Å². The van der Waals surface area contributed by atoms with Crippen LogP contribution in [0.5, 0.6) is 0 Å². The highest BCUT2D eigenvalue weighted by Gasteiger charge is 2.18. The minimum atomic E-state index is 0.133. The summed E-state index contributed by atoms with van der Waals surface area (Å²) in [5.41, 5.74) is 13.0. The first-order chi connectivity index (χ1) is 30.2. The Balaban J connectivity index is 0.943. The van der Waals surface area contributed by atoms with Gasteiger partial charge >= 0.3 is 0 Å². The van der Waals surface area contributed by atoms with Gasteiger partial charge < -0.3 is 14.1 Å². The maximum atomic E-state index is 9.01. The normalized spacial score (nSPS) is 12.1. The second-order valence-corrected chi connectivity index (χ2v) is 15.5. The summed E-state index contributed by atoms with van der Waals surface area (Å²) >= 11 is 0. The largest absolute Gasteiger partial charge is 0.323 e. The van der Waals surface area contributed by atoms with Crippen LogP contribution in [-0.2, 0) is 0 Å². The van der Waals surface area contributed by atoms with E-state index in [0.29, 0.717) is 11.2 Å². The molecule has 0 spiro atoms. The Bertz CT molecular complexity index is 3760. The molecule has 0 saturated heterocycles. The lowest BCUT2D eigenvalue weighted by atomic mass is 9.99. The highest BCUT2D eigenvalue weighted by atomic mass is 15.0. The number of H-pyrrole nitrogens is 1. The molecule has 0 saturated carbocycles. The summed E-state index contributed by atoms with van der Waals surface area (Å²) in [6.07, 6.45) is 0. The van der Waals surface area contributed by atoms with Gasteiger partial charge in [0.1, 0.15) is 0 Å². The molecule has 6 heteroatoms. The molecule has 6 nitrogen and oxygen atoms in total. The van der Waals surface area contributed by atoms with Crippen LogP contribution in [0.15, 0.2) is 211 Å². The molecular formula is C55H36N6. The van der Waals surface area contributed by atoms with Crippen molar-refractivity contribution in [2.45, 2.75) is 0 Å². The first kappa shape index (κ1) is 34.7. The van der Waals surface area contributed by atoms with Gasteiger partial charge in [0.25, 0.3) is 0 Å². The summed E-state index contributed by atoms with van der Waals surface area (Å²) in [6, 6.07) is 72.4. The van der Waals surface area contributed by atoms with Crippen molar-refractivity contribution in [1.29, 1.82) is 5.41 Å². The molecule has 0 aliphatic carbocycles. The molecule has 0 aliphatic rings. The number of nitrogens with zero attached hydrogens (tertiary/aromatic N) is 4. The number of hydrogen-bond acceptors (Lipinski definition) is 2. The number of para-hydroxylation sites is 3. The fourth-order valence-corrected chi connectivity index (χ4v) is 9.18. The lowest BCUT2D eigenvalue weighted by Crippen LogP contribution is -2.17. The zero-order valence-electron chi connectivity index (χ0n) is 32.9. The van der Waals surface area contributed by atoms with Crippen molar-refractivity contribution in [2.24, 2.45) is 4.99 Å². The van der Waals surface area contributed by atoms with Gasteiger partial charge in [0.2, 0.25) is 5.62 Å². The van der Waals surface area contributed by atoms with E-state index in [1.54, 1.807) is 0 Å². The average Bonchev–Trinajstić information content (AvgIpc) is 3.84. The van der Waals surface area contributed by atoms with Gasteiger partial charge in [-0.25, -0.2) is 4.98 Å². The Kier molecular flexibility index (Phi) is 7.90. The third kappa shape index (κ3) is 5.69. The van der Waals surface area contributed by atoms with Crippen LogP contribution in [-0.4, -0.2) is 24.9 Å². The molecule has 9 aromatic carbocycles. The molecule has 12 aromatic rings. The Labute approximate surface area is 350 Å². The van der Waals surface area contributed by atoms with E-state index < -0.39 is 0 Å². The third-order valence-corrected chi connectivity index (χ3v) is 12.0. The first-order valence-electron chi connectivity index (χ1n) is 20.5. The van der Waals surface area contributed by atoms with Gasteiger partial charge in [-0.05, 0) is 101 Å². The monoisotopic (exact) mass is 780 g/mol. The van der Waals surface area contributed by atoms with Gasteiger partial charge in [0, 0.05) is 49.4 Å². The fourth-order valence-electron chi connectivity index (χ4n) is 9.18. The quantitative estimate of drug-likeness (QED) is 0.132. The number of fused-ring (bicyclic) bond motifs is 9. The highest BCUT2D eigenvalue weighted by Crippen LogP contribution is 2.40. The van der Waals surface area contributed by atoms with E-state index >= 15 is 0 Å². The molecule has 2 N–H and O–H groups in total. The van der Waals surface area contributed by atoms with Crippen LogP contribution in [0.1, 0.15) is 5.56 Å².